The van der Waals surface area contributed by atoms with Gasteiger partial charge in [0.1, 0.15) is 0 Å². The third kappa shape index (κ3) is 54.5. The second-order valence-electron chi connectivity index (χ2n) is 1.28. The van der Waals surface area contributed by atoms with Crippen molar-refractivity contribution in [2.24, 2.45) is 0 Å². The summed E-state index contributed by atoms with van der Waals surface area (Å²) in [5.41, 5.74) is 0. The van der Waals surface area contributed by atoms with E-state index in [1.54, 1.807) is 0 Å². The van der Waals surface area contributed by atoms with Crippen LogP contribution in [0.5, 0.6) is 0 Å². The van der Waals surface area contributed by atoms with E-state index in [0.29, 0.717) is 0 Å². The van der Waals surface area contributed by atoms with E-state index >= 15 is 0 Å². The van der Waals surface area contributed by atoms with Crippen LogP contribution in [0.25, 0.3) is 0 Å². The normalized spacial score (nSPS) is 11.2. The summed E-state index contributed by atoms with van der Waals surface area (Å²) in [5.74, 6) is 0. The molecule has 0 radical (unpaired) electrons. The summed E-state index contributed by atoms with van der Waals surface area (Å²) >= 11 is -17.5. The van der Waals surface area contributed by atoms with E-state index in [0.717, 1.165) is 0 Å². The molecule has 0 spiro atoms. The summed E-state index contributed by atoms with van der Waals surface area (Å²) < 4.78 is 92.0. The van der Waals surface area contributed by atoms with E-state index in [-0.39, 0.29) is 80.9 Å². The molecular formula is HCr2KMnNaO11. The van der Waals surface area contributed by atoms with Crippen LogP contribution in [0.4, 0.5) is 0 Å². The quantitative estimate of drug-likeness (QED) is 0.434. The van der Waals surface area contributed by atoms with Crippen LogP contribution in [-0.2, 0) is 69.8 Å². The Morgan fingerprint density at radius 3 is 1.06 bits per heavy atom. The molecule has 0 aliphatic carbocycles. The second kappa shape index (κ2) is 10.4. The standard InChI is InChI=1S/2Cr.K.Mn.Na.H2O.10O/h;;;;;1H2;;;;;;;;;;/q;;3*+1;;;;;;;;;;2*-1/p-1. The van der Waals surface area contributed by atoms with Crippen LogP contribution < -0.4 is 89.3 Å². The van der Waals surface area contributed by atoms with E-state index in [4.69, 9.17) is 15.7 Å². The molecule has 0 aromatic heterocycles. The molecule has 0 aromatic carbocycles. The van der Waals surface area contributed by atoms with Gasteiger partial charge in [-0.15, -0.1) is 0 Å². The first-order chi connectivity index (χ1) is 5.71. The fourth-order valence-electron chi connectivity index (χ4n) is 0.102. The molecule has 0 saturated carbocycles. The molecule has 0 amide bonds. The molecule has 0 atom stereocenters. The molecule has 0 aliphatic rings. The first-order valence-electron chi connectivity index (χ1n) is 1.97. The Kier molecular flexibility index (Phi) is 17.7. The SMILES string of the molecule is [K+].[Na+].[O]=[Cr](=[O])([O-])[O][Cr](=[O])(=[O])[O-].[O]=[Mn](=[O])(=[O])[OH]. The van der Waals surface area contributed by atoms with Gasteiger partial charge in [-0.1, -0.05) is 0 Å². The van der Waals surface area contributed by atoms with Gasteiger partial charge in [-0.3, -0.25) is 0 Å². The van der Waals surface area contributed by atoms with Crippen LogP contribution in [0.1, 0.15) is 0 Å². The zero-order valence-electron chi connectivity index (χ0n) is 7.72. The molecule has 0 aliphatic heterocycles. The van der Waals surface area contributed by atoms with Crippen molar-refractivity contribution in [2.45, 2.75) is 0 Å². The zero-order valence-corrected chi connectivity index (χ0v) is 16.6. The Hall–Kier alpha value is 2.66. The maximum atomic E-state index is 9.38. The van der Waals surface area contributed by atoms with Crippen molar-refractivity contribution in [3.05, 3.63) is 0 Å². The number of hydrogen-bond acceptors (Lipinski definition) is 10. The monoisotopic (exact) mass is 398 g/mol. The van der Waals surface area contributed by atoms with Crippen molar-refractivity contribution in [3.8, 4) is 0 Å². The minimum atomic E-state index is -6.07. The molecule has 0 bridgehead atoms. The van der Waals surface area contributed by atoms with Gasteiger partial charge in [0.25, 0.3) is 0 Å². The van der Waals surface area contributed by atoms with E-state index in [1.165, 1.54) is 0 Å². The van der Waals surface area contributed by atoms with Crippen molar-refractivity contribution < 1.29 is 163 Å². The van der Waals surface area contributed by atoms with E-state index < -0.39 is 40.2 Å². The van der Waals surface area contributed by atoms with Crippen LogP contribution in [0.3, 0.4) is 0 Å². The summed E-state index contributed by atoms with van der Waals surface area (Å²) in [5, 5.41) is 0. The maximum absolute atomic E-state index is 9.38. The van der Waals surface area contributed by atoms with Crippen molar-refractivity contribution >= 4 is 0 Å². The van der Waals surface area contributed by atoms with Crippen LogP contribution in [0.15, 0.2) is 0 Å². The summed E-state index contributed by atoms with van der Waals surface area (Å²) in [4.78, 5) is 0. The predicted octanol–water partition coefficient (Wildman–Crippen LogP) is -9.83. The Morgan fingerprint density at radius 2 is 1.06 bits per heavy atom. The Bertz CT molecular complexity index is 472. The van der Waals surface area contributed by atoms with E-state index in [1.807, 2.05) is 0 Å². The van der Waals surface area contributed by atoms with Crippen molar-refractivity contribution in [3.63, 3.8) is 0 Å². The third-order valence-corrected chi connectivity index (χ3v) is 2.83. The minimum absolute atomic E-state index is 0. The Balaban J connectivity index is -0.0000000904. The molecule has 0 aromatic rings. The van der Waals surface area contributed by atoms with Crippen LogP contribution in [0.2, 0.25) is 0 Å². The molecule has 1 N–H and O–H groups in total. The predicted molar refractivity (Wildman–Crippen MR) is 8.11 cm³/mol. The number of rotatable bonds is 2. The summed E-state index contributed by atoms with van der Waals surface area (Å²) in [6, 6.07) is 0. The van der Waals surface area contributed by atoms with Gasteiger partial charge in [0.2, 0.25) is 0 Å². The fraction of sp³-hybridized carbons (Fsp3) is 0. The average Bonchev–Trinajstić information content (AvgIpc) is 1.42. The molecule has 11 nitrogen and oxygen atoms in total. The topological polar surface area (TPSA) is 195 Å². The van der Waals surface area contributed by atoms with Crippen molar-refractivity contribution in [2.75, 3.05) is 0 Å². The number of hydrogen-bond donors (Lipinski definition) is 1. The molecular weight excluding hydrogens is 397 g/mol. The zero-order chi connectivity index (χ0) is 12.2. The summed E-state index contributed by atoms with van der Waals surface area (Å²) in [6.45, 7) is 0. The van der Waals surface area contributed by atoms with Gasteiger partial charge >= 0.3 is 163 Å². The van der Waals surface area contributed by atoms with Gasteiger partial charge in [0.05, 0.1) is 0 Å². The molecule has 88 valence electrons. The van der Waals surface area contributed by atoms with Crippen molar-refractivity contribution in [1.29, 1.82) is 0 Å². The van der Waals surface area contributed by atoms with E-state index in [2.05, 4.69) is 2.84 Å². The first kappa shape index (κ1) is 27.1. The van der Waals surface area contributed by atoms with Crippen LogP contribution in [-0.4, -0.2) is 4.19 Å². The molecule has 0 saturated heterocycles. The van der Waals surface area contributed by atoms with Crippen LogP contribution in [0, 0.1) is 0 Å². The van der Waals surface area contributed by atoms with Gasteiger partial charge in [0.15, 0.2) is 0 Å². The first-order valence-corrected chi connectivity index (χ1v) is 8.10. The molecule has 16 heavy (non-hydrogen) atoms. The van der Waals surface area contributed by atoms with Gasteiger partial charge in [-0.25, -0.2) is 0 Å². The molecule has 0 rings (SSSR count). The average molecular weight is 398 g/mol. The van der Waals surface area contributed by atoms with Gasteiger partial charge < -0.3 is 0 Å². The van der Waals surface area contributed by atoms with Gasteiger partial charge in [0, 0.05) is 0 Å². The van der Waals surface area contributed by atoms with E-state index in [9.17, 15) is 23.5 Å². The Morgan fingerprint density at radius 1 is 0.938 bits per heavy atom. The third-order valence-electron chi connectivity index (χ3n) is 0.167. The van der Waals surface area contributed by atoms with Crippen LogP contribution >= 0.6 is 0 Å². The van der Waals surface area contributed by atoms with Crippen molar-refractivity contribution in [1.82, 2.24) is 0 Å². The second-order valence-corrected chi connectivity index (χ2v) is 6.16. The molecule has 16 heteroatoms. The summed E-state index contributed by atoms with van der Waals surface area (Å²) in [7, 11) is 0. The Labute approximate surface area is 160 Å². The molecule has 0 fully saturated rings. The summed E-state index contributed by atoms with van der Waals surface area (Å²) in [6.07, 6.45) is 0. The van der Waals surface area contributed by atoms with Gasteiger partial charge in [-0.05, 0) is 0 Å². The molecule has 0 heterocycles. The fourth-order valence-corrected chi connectivity index (χ4v) is 1.74. The van der Waals surface area contributed by atoms with Gasteiger partial charge in [-0.2, -0.15) is 0 Å². The molecule has 0 unspecified atom stereocenters.